The standard InChI is InChI=1S/C20H26N2O2/c1-15-11-16(2)13-17(12-15)20(24)14-21-7-9-22(10-8-21)18-5-3-4-6-19(18)23/h3-6,11-13,20,23-24H,7-10,14H2,1-2H3. The van der Waals surface area contributed by atoms with E-state index in [0.29, 0.717) is 12.3 Å². The van der Waals surface area contributed by atoms with Crippen LogP contribution in [-0.4, -0.2) is 47.8 Å². The Hall–Kier alpha value is -2.04. The third-order valence-electron chi connectivity index (χ3n) is 4.65. The Morgan fingerprint density at radius 1 is 0.958 bits per heavy atom. The van der Waals surface area contributed by atoms with E-state index < -0.39 is 6.10 Å². The first-order valence-electron chi connectivity index (χ1n) is 8.54. The van der Waals surface area contributed by atoms with Crippen molar-refractivity contribution in [1.82, 2.24) is 4.90 Å². The Balaban J connectivity index is 1.58. The second-order valence-electron chi connectivity index (χ2n) is 6.71. The molecule has 1 aliphatic heterocycles. The van der Waals surface area contributed by atoms with Crippen molar-refractivity contribution in [3.63, 3.8) is 0 Å². The molecule has 128 valence electrons. The topological polar surface area (TPSA) is 46.9 Å². The summed E-state index contributed by atoms with van der Waals surface area (Å²) in [5.41, 5.74) is 4.27. The SMILES string of the molecule is Cc1cc(C)cc(C(O)CN2CCN(c3ccccc3O)CC2)c1. The van der Waals surface area contributed by atoms with Crippen LogP contribution in [0.4, 0.5) is 5.69 Å². The van der Waals surface area contributed by atoms with Crippen LogP contribution in [0, 0.1) is 13.8 Å². The number of aliphatic hydroxyl groups excluding tert-OH is 1. The Morgan fingerprint density at radius 2 is 1.58 bits per heavy atom. The lowest BCUT2D eigenvalue weighted by molar-refractivity contribution is 0.109. The molecule has 2 aromatic rings. The number of β-amino-alcohol motifs (C(OH)–C–C–N with tert-alkyl or cyclic N) is 1. The highest BCUT2D eigenvalue weighted by Crippen LogP contribution is 2.27. The minimum atomic E-state index is -0.458. The fraction of sp³-hybridized carbons (Fsp3) is 0.400. The number of piperazine rings is 1. The van der Waals surface area contributed by atoms with Gasteiger partial charge in [-0.1, -0.05) is 41.5 Å². The molecule has 4 nitrogen and oxygen atoms in total. The molecule has 1 unspecified atom stereocenters. The molecule has 1 aliphatic rings. The summed E-state index contributed by atoms with van der Waals surface area (Å²) in [7, 11) is 0. The zero-order valence-corrected chi connectivity index (χ0v) is 14.4. The molecule has 1 saturated heterocycles. The van der Waals surface area contributed by atoms with Gasteiger partial charge in [-0.05, 0) is 31.5 Å². The van der Waals surface area contributed by atoms with Crippen molar-refractivity contribution in [1.29, 1.82) is 0 Å². The van der Waals surface area contributed by atoms with Crippen molar-refractivity contribution < 1.29 is 10.2 Å². The van der Waals surface area contributed by atoms with Gasteiger partial charge in [0.25, 0.3) is 0 Å². The molecule has 0 saturated carbocycles. The first kappa shape index (κ1) is 16.8. The molecule has 0 radical (unpaired) electrons. The summed E-state index contributed by atoms with van der Waals surface area (Å²) in [5, 5.41) is 20.5. The summed E-state index contributed by atoms with van der Waals surface area (Å²) in [6.07, 6.45) is -0.458. The highest BCUT2D eigenvalue weighted by atomic mass is 16.3. The number of phenols is 1. The molecule has 3 rings (SSSR count). The number of benzene rings is 2. The van der Waals surface area contributed by atoms with Crippen LogP contribution in [0.1, 0.15) is 22.8 Å². The number of para-hydroxylation sites is 2. The lowest BCUT2D eigenvalue weighted by atomic mass is 10.0. The van der Waals surface area contributed by atoms with E-state index in [2.05, 4.69) is 41.8 Å². The number of rotatable bonds is 4. The molecule has 2 N–H and O–H groups in total. The van der Waals surface area contributed by atoms with E-state index in [1.807, 2.05) is 18.2 Å². The minimum absolute atomic E-state index is 0.334. The zero-order valence-electron chi connectivity index (χ0n) is 14.4. The number of phenolic OH excluding ortho intramolecular Hbond substituents is 1. The average molecular weight is 326 g/mol. The van der Waals surface area contributed by atoms with E-state index in [9.17, 15) is 10.2 Å². The van der Waals surface area contributed by atoms with Crippen molar-refractivity contribution in [2.45, 2.75) is 20.0 Å². The second kappa shape index (κ2) is 7.24. The summed E-state index contributed by atoms with van der Waals surface area (Å²) in [4.78, 5) is 4.49. The Bertz CT molecular complexity index is 674. The molecule has 1 atom stereocenters. The smallest absolute Gasteiger partial charge is 0.138 e. The number of aromatic hydroxyl groups is 1. The van der Waals surface area contributed by atoms with Crippen LogP contribution in [0.5, 0.6) is 5.75 Å². The maximum absolute atomic E-state index is 10.6. The van der Waals surface area contributed by atoms with Gasteiger partial charge in [-0.15, -0.1) is 0 Å². The van der Waals surface area contributed by atoms with Gasteiger partial charge in [-0.2, -0.15) is 0 Å². The number of aryl methyl sites for hydroxylation is 2. The maximum Gasteiger partial charge on any atom is 0.138 e. The average Bonchev–Trinajstić information content (AvgIpc) is 2.55. The van der Waals surface area contributed by atoms with E-state index in [-0.39, 0.29) is 0 Å². The van der Waals surface area contributed by atoms with Crippen LogP contribution >= 0.6 is 0 Å². The molecular weight excluding hydrogens is 300 g/mol. The first-order valence-corrected chi connectivity index (χ1v) is 8.54. The third-order valence-corrected chi connectivity index (χ3v) is 4.65. The van der Waals surface area contributed by atoms with Gasteiger partial charge in [0.15, 0.2) is 0 Å². The van der Waals surface area contributed by atoms with Crippen LogP contribution in [0.2, 0.25) is 0 Å². The summed E-state index contributed by atoms with van der Waals surface area (Å²) in [6.45, 7) is 8.26. The molecule has 0 aromatic heterocycles. The van der Waals surface area contributed by atoms with E-state index in [4.69, 9.17) is 0 Å². The molecule has 2 aromatic carbocycles. The molecule has 0 aliphatic carbocycles. The summed E-state index contributed by atoms with van der Waals surface area (Å²) in [6, 6.07) is 13.7. The van der Waals surface area contributed by atoms with Gasteiger partial charge in [0.05, 0.1) is 11.8 Å². The summed E-state index contributed by atoms with van der Waals surface area (Å²) < 4.78 is 0. The van der Waals surface area contributed by atoms with Gasteiger partial charge in [-0.3, -0.25) is 4.90 Å². The Kier molecular flexibility index (Phi) is 5.07. The lowest BCUT2D eigenvalue weighted by Crippen LogP contribution is -2.47. The third kappa shape index (κ3) is 3.89. The monoisotopic (exact) mass is 326 g/mol. The molecule has 0 spiro atoms. The zero-order chi connectivity index (χ0) is 17.1. The van der Waals surface area contributed by atoms with Crippen molar-refractivity contribution in [3.05, 3.63) is 59.2 Å². The van der Waals surface area contributed by atoms with E-state index >= 15 is 0 Å². The van der Waals surface area contributed by atoms with E-state index in [1.165, 1.54) is 11.1 Å². The Morgan fingerprint density at radius 3 is 2.21 bits per heavy atom. The molecule has 24 heavy (non-hydrogen) atoms. The van der Waals surface area contributed by atoms with Crippen LogP contribution in [0.25, 0.3) is 0 Å². The molecule has 1 heterocycles. The normalized spacial score (nSPS) is 17.0. The molecule has 0 bridgehead atoms. The van der Waals surface area contributed by atoms with Crippen molar-refractivity contribution >= 4 is 5.69 Å². The van der Waals surface area contributed by atoms with Gasteiger partial charge in [-0.25, -0.2) is 0 Å². The quantitative estimate of drug-likeness (QED) is 0.907. The number of hydrogen-bond donors (Lipinski definition) is 2. The number of anilines is 1. The molecule has 4 heteroatoms. The van der Waals surface area contributed by atoms with E-state index in [0.717, 1.165) is 37.4 Å². The van der Waals surface area contributed by atoms with Gasteiger partial charge < -0.3 is 15.1 Å². The number of hydrogen-bond acceptors (Lipinski definition) is 4. The van der Waals surface area contributed by atoms with E-state index in [1.54, 1.807) is 6.07 Å². The van der Waals surface area contributed by atoms with Crippen LogP contribution in [0.3, 0.4) is 0 Å². The highest BCUT2D eigenvalue weighted by molar-refractivity contribution is 5.57. The predicted molar refractivity (Wildman–Crippen MR) is 97.6 cm³/mol. The van der Waals surface area contributed by atoms with Crippen molar-refractivity contribution in [3.8, 4) is 5.75 Å². The second-order valence-corrected chi connectivity index (χ2v) is 6.71. The Labute approximate surface area is 144 Å². The van der Waals surface area contributed by atoms with Crippen LogP contribution in [-0.2, 0) is 0 Å². The van der Waals surface area contributed by atoms with Crippen molar-refractivity contribution in [2.75, 3.05) is 37.6 Å². The number of nitrogens with zero attached hydrogens (tertiary/aromatic N) is 2. The fourth-order valence-corrected chi connectivity index (χ4v) is 3.46. The summed E-state index contributed by atoms with van der Waals surface area (Å²) >= 11 is 0. The van der Waals surface area contributed by atoms with Gasteiger partial charge >= 0.3 is 0 Å². The minimum Gasteiger partial charge on any atom is -0.506 e. The largest absolute Gasteiger partial charge is 0.506 e. The summed E-state index contributed by atoms with van der Waals surface area (Å²) in [5.74, 6) is 0.334. The molecule has 1 fully saturated rings. The van der Waals surface area contributed by atoms with Crippen LogP contribution in [0.15, 0.2) is 42.5 Å². The predicted octanol–water partition coefficient (Wildman–Crippen LogP) is 2.86. The number of aliphatic hydroxyl groups is 1. The molecular formula is C20H26N2O2. The highest BCUT2D eigenvalue weighted by Gasteiger charge is 2.21. The maximum atomic E-state index is 10.6. The fourth-order valence-electron chi connectivity index (χ4n) is 3.46. The lowest BCUT2D eigenvalue weighted by Gasteiger charge is -2.37. The van der Waals surface area contributed by atoms with Crippen LogP contribution < -0.4 is 4.90 Å². The van der Waals surface area contributed by atoms with Gasteiger partial charge in [0.2, 0.25) is 0 Å². The van der Waals surface area contributed by atoms with Crippen molar-refractivity contribution in [2.24, 2.45) is 0 Å². The van der Waals surface area contributed by atoms with Gasteiger partial charge in [0.1, 0.15) is 5.75 Å². The first-order chi connectivity index (χ1) is 11.5. The van der Waals surface area contributed by atoms with Gasteiger partial charge in [0, 0.05) is 32.7 Å². The molecule has 0 amide bonds.